The van der Waals surface area contributed by atoms with E-state index in [2.05, 4.69) is 10.6 Å². The Morgan fingerprint density at radius 3 is 2.21 bits per heavy atom. The van der Waals surface area contributed by atoms with Crippen molar-refractivity contribution in [1.29, 1.82) is 0 Å². The Kier molecular flexibility index (Phi) is 3.46. The quantitative estimate of drug-likeness (QED) is 0.820. The summed E-state index contributed by atoms with van der Waals surface area (Å²) < 4.78 is 5.06. The van der Waals surface area contributed by atoms with E-state index in [1.807, 2.05) is 6.92 Å². The fourth-order valence-corrected chi connectivity index (χ4v) is 5.06. The molecule has 4 bridgehead atoms. The maximum absolute atomic E-state index is 12.1. The molecule has 4 aliphatic rings. The van der Waals surface area contributed by atoms with Crippen molar-refractivity contribution in [2.45, 2.75) is 57.0 Å². The molecule has 0 spiro atoms. The van der Waals surface area contributed by atoms with Crippen molar-refractivity contribution in [3.8, 4) is 0 Å². The number of carbonyl (C=O) groups is 1. The van der Waals surface area contributed by atoms with E-state index in [4.69, 9.17) is 4.74 Å². The average Bonchev–Trinajstić information content (AvgIpc) is 2.25. The van der Waals surface area contributed by atoms with Crippen LogP contribution < -0.4 is 10.6 Å². The van der Waals surface area contributed by atoms with Crippen LogP contribution in [0.1, 0.15) is 45.4 Å². The first kappa shape index (κ1) is 13.2. The first-order valence-electron chi connectivity index (χ1n) is 7.66. The van der Waals surface area contributed by atoms with E-state index in [0.717, 1.165) is 17.8 Å². The van der Waals surface area contributed by atoms with Crippen molar-refractivity contribution in [3.05, 3.63) is 0 Å². The van der Waals surface area contributed by atoms with Crippen LogP contribution in [0.4, 0.5) is 4.79 Å². The molecule has 0 radical (unpaired) electrons. The SMILES string of the molecule is COCC(C)NC(=O)NC12CC3CC(CC(C3)C1)C2. The molecule has 0 aromatic carbocycles. The van der Waals surface area contributed by atoms with Gasteiger partial charge in [0, 0.05) is 12.6 Å². The van der Waals surface area contributed by atoms with Crippen molar-refractivity contribution < 1.29 is 9.53 Å². The summed E-state index contributed by atoms with van der Waals surface area (Å²) in [4.78, 5) is 12.1. The Balaban J connectivity index is 1.58. The maximum Gasteiger partial charge on any atom is 0.315 e. The highest BCUT2D eigenvalue weighted by Gasteiger charge is 2.51. The predicted molar refractivity (Wildman–Crippen MR) is 73.9 cm³/mol. The lowest BCUT2D eigenvalue weighted by Gasteiger charge is -2.56. The molecule has 2 amide bonds. The minimum absolute atomic E-state index is 0.00787. The van der Waals surface area contributed by atoms with Gasteiger partial charge >= 0.3 is 6.03 Å². The fourth-order valence-electron chi connectivity index (χ4n) is 5.06. The van der Waals surface area contributed by atoms with Crippen LogP contribution in [0.25, 0.3) is 0 Å². The van der Waals surface area contributed by atoms with Gasteiger partial charge in [-0.3, -0.25) is 0 Å². The average molecular weight is 266 g/mol. The van der Waals surface area contributed by atoms with Crippen LogP contribution in [0, 0.1) is 17.8 Å². The fraction of sp³-hybridized carbons (Fsp3) is 0.933. The summed E-state index contributed by atoms with van der Waals surface area (Å²) in [5, 5.41) is 6.29. The third-order valence-electron chi connectivity index (χ3n) is 5.21. The zero-order valence-corrected chi connectivity index (χ0v) is 12.1. The van der Waals surface area contributed by atoms with Crippen LogP contribution in [0.15, 0.2) is 0 Å². The van der Waals surface area contributed by atoms with E-state index < -0.39 is 0 Å². The number of ether oxygens (including phenoxy) is 1. The molecule has 0 aliphatic heterocycles. The van der Waals surface area contributed by atoms with E-state index >= 15 is 0 Å². The van der Waals surface area contributed by atoms with Crippen molar-refractivity contribution in [3.63, 3.8) is 0 Å². The monoisotopic (exact) mass is 266 g/mol. The first-order valence-corrected chi connectivity index (χ1v) is 7.66. The van der Waals surface area contributed by atoms with Gasteiger partial charge in [-0.25, -0.2) is 4.79 Å². The van der Waals surface area contributed by atoms with Gasteiger partial charge in [0.1, 0.15) is 0 Å². The van der Waals surface area contributed by atoms with Crippen LogP contribution >= 0.6 is 0 Å². The van der Waals surface area contributed by atoms with E-state index in [1.165, 1.54) is 38.5 Å². The lowest BCUT2D eigenvalue weighted by Crippen LogP contribution is -2.62. The maximum atomic E-state index is 12.1. The van der Waals surface area contributed by atoms with Crippen LogP contribution in [-0.4, -0.2) is 31.3 Å². The molecule has 4 saturated carbocycles. The smallest absolute Gasteiger partial charge is 0.315 e. The highest BCUT2D eigenvalue weighted by Crippen LogP contribution is 2.55. The molecular weight excluding hydrogens is 240 g/mol. The van der Waals surface area contributed by atoms with Gasteiger partial charge in [0.05, 0.1) is 12.6 Å². The summed E-state index contributed by atoms with van der Waals surface area (Å²) in [7, 11) is 1.66. The van der Waals surface area contributed by atoms with E-state index in [1.54, 1.807) is 7.11 Å². The van der Waals surface area contributed by atoms with E-state index in [0.29, 0.717) is 6.61 Å². The van der Waals surface area contributed by atoms with Gasteiger partial charge in [-0.15, -0.1) is 0 Å². The Labute approximate surface area is 115 Å². The van der Waals surface area contributed by atoms with E-state index in [-0.39, 0.29) is 17.6 Å². The number of hydrogen-bond donors (Lipinski definition) is 2. The highest BCUT2D eigenvalue weighted by atomic mass is 16.5. The summed E-state index contributed by atoms with van der Waals surface area (Å²) in [6, 6.07) is 0.0606. The molecule has 4 fully saturated rings. The largest absolute Gasteiger partial charge is 0.383 e. The molecule has 0 heterocycles. The number of rotatable bonds is 4. The van der Waals surface area contributed by atoms with Crippen molar-refractivity contribution in [2.24, 2.45) is 17.8 Å². The molecule has 108 valence electrons. The molecular formula is C15H26N2O2. The normalized spacial score (nSPS) is 41.1. The second-order valence-corrected chi connectivity index (χ2v) is 7.15. The molecule has 0 aromatic heterocycles. The lowest BCUT2D eigenvalue weighted by molar-refractivity contribution is -0.0137. The summed E-state index contributed by atoms with van der Waals surface area (Å²) in [5.74, 6) is 2.59. The topological polar surface area (TPSA) is 50.4 Å². The van der Waals surface area contributed by atoms with Gasteiger partial charge in [0.2, 0.25) is 0 Å². The lowest BCUT2D eigenvalue weighted by atomic mass is 9.53. The van der Waals surface area contributed by atoms with Crippen LogP contribution in [-0.2, 0) is 4.74 Å². The molecule has 4 aliphatic carbocycles. The molecule has 4 heteroatoms. The minimum Gasteiger partial charge on any atom is -0.383 e. The molecule has 1 atom stereocenters. The van der Waals surface area contributed by atoms with E-state index in [9.17, 15) is 4.79 Å². The van der Waals surface area contributed by atoms with Crippen molar-refractivity contribution >= 4 is 6.03 Å². The third kappa shape index (κ3) is 2.73. The minimum atomic E-state index is -0.00787. The summed E-state index contributed by atoms with van der Waals surface area (Å²) >= 11 is 0. The number of hydrogen-bond acceptors (Lipinski definition) is 2. The summed E-state index contributed by atoms with van der Waals surface area (Å²) in [6.07, 6.45) is 7.81. The number of amides is 2. The second kappa shape index (κ2) is 4.97. The van der Waals surface area contributed by atoms with Gasteiger partial charge in [-0.2, -0.15) is 0 Å². The molecule has 19 heavy (non-hydrogen) atoms. The van der Waals surface area contributed by atoms with Crippen LogP contribution in [0.3, 0.4) is 0 Å². The third-order valence-corrected chi connectivity index (χ3v) is 5.21. The van der Waals surface area contributed by atoms with Crippen LogP contribution in [0.5, 0.6) is 0 Å². The first-order chi connectivity index (χ1) is 9.08. The molecule has 2 N–H and O–H groups in total. The van der Waals surface area contributed by atoms with Gasteiger partial charge in [0.25, 0.3) is 0 Å². The molecule has 0 saturated heterocycles. The molecule has 4 nitrogen and oxygen atoms in total. The zero-order valence-electron chi connectivity index (χ0n) is 12.1. The number of nitrogens with one attached hydrogen (secondary N) is 2. The molecule has 0 aromatic rings. The van der Waals surface area contributed by atoms with Gasteiger partial charge < -0.3 is 15.4 Å². The van der Waals surface area contributed by atoms with Crippen LogP contribution in [0.2, 0.25) is 0 Å². The standard InChI is InChI=1S/C15H26N2O2/c1-10(9-19-2)16-14(18)17-15-6-11-3-12(7-15)5-13(4-11)8-15/h10-13H,3-9H2,1-2H3,(H2,16,17,18). The Bertz CT molecular complexity index is 321. The van der Waals surface area contributed by atoms with Crippen molar-refractivity contribution in [1.82, 2.24) is 10.6 Å². The van der Waals surface area contributed by atoms with Crippen molar-refractivity contribution in [2.75, 3.05) is 13.7 Å². The molecule has 4 rings (SSSR count). The molecule has 1 unspecified atom stereocenters. The number of carbonyl (C=O) groups excluding carboxylic acids is 1. The Hall–Kier alpha value is -0.770. The Morgan fingerprint density at radius 1 is 1.21 bits per heavy atom. The predicted octanol–water partition coefficient (Wildman–Crippen LogP) is 2.29. The van der Waals surface area contributed by atoms with Gasteiger partial charge in [-0.1, -0.05) is 0 Å². The Morgan fingerprint density at radius 2 is 1.74 bits per heavy atom. The van der Waals surface area contributed by atoms with Gasteiger partial charge in [0.15, 0.2) is 0 Å². The number of urea groups is 1. The second-order valence-electron chi connectivity index (χ2n) is 7.15. The van der Waals surface area contributed by atoms with Gasteiger partial charge in [-0.05, 0) is 63.2 Å². The number of methoxy groups -OCH3 is 1. The summed E-state index contributed by atoms with van der Waals surface area (Å²) in [6.45, 7) is 2.54. The summed E-state index contributed by atoms with van der Waals surface area (Å²) in [5.41, 5.74) is 0.103. The zero-order chi connectivity index (χ0) is 13.5. The highest BCUT2D eigenvalue weighted by molar-refractivity contribution is 5.75.